The number of fused-ring (bicyclic) bond motifs is 1. The van der Waals surface area contributed by atoms with Gasteiger partial charge in [0.2, 0.25) is 0 Å². The number of imidazole rings is 1. The van der Waals surface area contributed by atoms with Crippen molar-refractivity contribution in [3.8, 4) is 0 Å². The first-order chi connectivity index (χ1) is 10.7. The summed E-state index contributed by atoms with van der Waals surface area (Å²) in [6.45, 7) is 4.48. The van der Waals surface area contributed by atoms with Crippen LogP contribution in [0.4, 0.5) is 0 Å². The van der Waals surface area contributed by atoms with Crippen molar-refractivity contribution in [1.29, 1.82) is 0 Å². The first-order valence-corrected chi connectivity index (χ1v) is 8.61. The Balaban J connectivity index is 1.47. The van der Waals surface area contributed by atoms with Gasteiger partial charge in [0.1, 0.15) is 0 Å². The third-order valence-corrected chi connectivity index (χ3v) is 5.73. The molecule has 0 spiro atoms. The van der Waals surface area contributed by atoms with Gasteiger partial charge in [0.05, 0.1) is 6.33 Å². The molecule has 4 heteroatoms. The summed E-state index contributed by atoms with van der Waals surface area (Å²) in [6, 6.07) is 7.57. The van der Waals surface area contributed by atoms with Crippen LogP contribution in [0.25, 0.3) is 0 Å². The zero-order valence-electron chi connectivity index (χ0n) is 13.0. The molecule has 1 aromatic carbocycles. The normalized spacial score (nSPS) is 22.9. The minimum Gasteiger partial charge on any atom is -0.332 e. The number of rotatable bonds is 2. The Morgan fingerprint density at radius 3 is 2.73 bits per heavy atom. The van der Waals surface area contributed by atoms with E-state index in [4.69, 9.17) is 11.6 Å². The van der Waals surface area contributed by atoms with E-state index in [0.717, 1.165) is 11.4 Å². The summed E-state index contributed by atoms with van der Waals surface area (Å²) < 4.78 is 2.34. The van der Waals surface area contributed by atoms with Gasteiger partial charge in [-0.2, -0.15) is 0 Å². The molecule has 0 saturated carbocycles. The Morgan fingerprint density at radius 2 is 2.00 bits per heavy atom. The van der Waals surface area contributed by atoms with E-state index in [-0.39, 0.29) is 0 Å². The predicted molar refractivity (Wildman–Crippen MR) is 89.3 cm³/mol. The van der Waals surface area contributed by atoms with Gasteiger partial charge in [-0.15, -0.1) is 0 Å². The van der Waals surface area contributed by atoms with Crippen LogP contribution < -0.4 is 0 Å². The topological polar surface area (TPSA) is 21.1 Å². The minimum absolute atomic E-state index is 0.568. The standard InChI is InChI=1S/C18H22ClN3/c1-13-11-20-12-22(13)14-7-9-21(10-8-14)18-6-5-15-16(18)3-2-4-17(15)19/h2-4,11-12,14,18H,5-10H2,1H3/t18-/m0/s1. The van der Waals surface area contributed by atoms with Crippen molar-refractivity contribution in [2.75, 3.05) is 13.1 Å². The second-order valence-corrected chi connectivity index (χ2v) is 6.98. The minimum atomic E-state index is 0.568. The van der Waals surface area contributed by atoms with Crippen LogP contribution in [-0.2, 0) is 6.42 Å². The first-order valence-electron chi connectivity index (χ1n) is 8.24. The van der Waals surface area contributed by atoms with Crippen molar-refractivity contribution in [2.45, 2.75) is 44.7 Å². The highest BCUT2D eigenvalue weighted by atomic mass is 35.5. The van der Waals surface area contributed by atoms with Gasteiger partial charge < -0.3 is 4.57 Å². The zero-order valence-corrected chi connectivity index (χ0v) is 13.8. The second kappa shape index (κ2) is 5.71. The van der Waals surface area contributed by atoms with Crippen molar-refractivity contribution < 1.29 is 0 Å². The number of halogens is 1. The van der Waals surface area contributed by atoms with Crippen LogP contribution in [0, 0.1) is 6.92 Å². The molecule has 2 heterocycles. The Morgan fingerprint density at radius 1 is 1.18 bits per heavy atom. The first kappa shape index (κ1) is 14.3. The number of aryl methyl sites for hydroxylation is 1. The van der Waals surface area contributed by atoms with Crippen molar-refractivity contribution in [2.24, 2.45) is 0 Å². The monoisotopic (exact) mass is 315 g/mol. The van der Waals surface area contributed by atoms with Crippen molar-refractivity contribution in [1.82, 2.24) is 14.5 Å². The van der Waals surface area contributed by atoms with E-state index in [9.17, 15) is 0 Å². The average Bonchev–Trinajstić information content (AvgIpc) is 3.15. The van der Waals surface area contributed by atoms with E-state index in [2.05, 4.69) is 33.5 Å². The van der Waals surface area contributed by atoms with Gasteiger partial charge in [-0.25, -0.2) is 4.98 Å². The SMILES string of the molecule is Cc1cncn1C1CCN([C@H]2CCc3c(Cl)cccc32)CC1. The number of aromatic nitrogens is 2. The third-order valence-electron chi connectivity index (χ3n) is 5.37. The number of benzene rings is 1. The fraction of sp³-hybridized carbons (Fsp3) is 0.500. The average molecular weight is 316 g/mol. The highest BCUT2D eigenvalue weighted by Crippen LogP contribution is 2.40. The zero-order chi connectivity index (χ0) is 15.1. The molecule has 22 heavy (non-hydrogen) atoms. The van der Waals surface area contributed by atoms with Crippen LogP contribution >= 0.6 is 11.6 Å². The predicted octanol–water partition coefficient (Wildman–Crippen LogP) is 4.17. The lowest BCUT2D eigenvalue weighted by molar-refractivity contribution is 0.134. The van der Waals surface area contributed by atoms with Crippen molar-refractivity contribution >= 4 is 11.6 Å². The summed E-state index contributed by atoms with van der Waals surface area (Å²) in [5.74, 6) is 0. The molecule has 1 atom stereocenters. The lowest BCUT2D eigenvalue weighted by Crippen LogP contribution is -2.36. The van der Waals surface area contributed by atoms with E-state index >= 15 is 0 Å². The summed E-state index contributed by atoms with van der Waals surface area (Å²) in [5, 5.41) is 0.948. The van der Waals surface area contributed by atoms with Gasteiger partial charge >= 0.3 is 0 Å². The molecular weight excluding hydrogens is 294 g/mol. The molecule has 0 N–H and O–H groups in total. The second-order valence-electron chi connectivity index (χ2n) is 6.57. The Kier molecular flexibility index (Phi) is 3.71. The van der Waals surface area contributed by atoms with Gasteiger partial charge in [0, 0.05) is 42.1 Å². The third kappa shape index (κ3) is 2.37. The quantitative estimate of drug-likeness (QED) is 0.829. The lowest BCUT2D eigenvalue weighted by atomic mass is 10.00. The number of piperidine rings is 1. The molecule has 0 radical (unpaired) electrons. The summed E-state index contributed by atoms with van der Waals surface area (Å²) in [7, 11) is 0. The van der Waals surface area contributed by atoms with Gasteiger partial charge in [-0.05, 0) is 49.8 Å². The van der Waals surface area contributed by atoms with Gasteiger partial charge in [0.25, 0.3) is 0 Å². The molecule has 1 fully saturated rings. The molecule has 0 amide bonds. The highest BCUT2D eigenvalue weighted by Gasteiger charge is 2.32. The van der Waals surface area contributed by atoms with Gasteiger partial charge in [-0.1, -0.05) is 23.7 Å². The summed E-state index contributed by atoms with van der Waals surface area (Å²) in [5.41, 5.74) is 4.11. The molecule has 2 aromatic rings. The van der Waals surface area contributed by atoms with Crippen LogP contribution in [0.2, 0.25) is 5.02 Å². The molecule has 1 aliphatic heterocycles. The van der Waals surface area contributed by atoms with Crippen LogP contribution in [0.1, 0.15) is 48.2 Å². The Hall–Kier alpha value is -1.32. The molecular formula is C18H22ClN3. The molecule has 1 aliphatic carbocycles. The summed E-state index contributed by atoms with van der Waals surface area (Å²) in [6.07, 6.45) is 8.71. The van der Waals surface area contributed by atoms with E-state index in [1.54, 1.807) is 0 Å². The number of hydrogen-bond donors (Lipinski definition) is 0. The van der Waals surface area contributed by atoms with Crippen molar-refractivity contribution in [3.63, 3.8) is 0 Å². The maximum absolute atomic E-state index is 6.35. The molecule has 0 unspecified atom stereocenters. The van der Waals surface area contributed by atoms with Crippen LogP contribution in [0.15, 0.2) is 30.7 Å². The Labute approximate surface area is 136 Å². The molecule has 4 rings (SSSR count). The van der Waals surface area contributed by atoms with Crippen LogP contribution in [-0.4, -0.2) is 27.5 Å². The largest absolute Gasteiger partial charge is 0.332 e. The number of likely N-dealkylation sites (tertiary alicyclic amines) is 1. The number of nitrogens with zero attached hydrogens (tertiary/aromatic N) is 3. The Bertz CT molecular complexity index is 671. The maximum Gasteiger partial charge on any atom is 0.0950 e. The van der Waals surface area contributed by atoms with Crippen molar-refractivity contribution in [3.05, 3.63) is 52.6 Å². The molecule has 3 nitrogen and oxygen atoms in total. The van der Waals surface area contributed by atoms with Crippen LogP contribution in [0.5, 0.6) is 0 Å². The molecule has 2 aliphatic rings. The smallest absolute Gasteiger partial charge is 0.0950 e. The van der Waals surface area contributed by atoms with Crippen LogP contribution in [0.3, 0.4) is 0 Å². The maximum atomic E-state index is 6.35. The fourth-order valence-electron chi connectivity index (χ4n) is 4.20. The van der Waals surface area contributed by atoms with Gasteiger partial charge in [0.15, 0.2) is 0 Å². The molecule has 116 valence electrons. The fourth-order valence-corrected chi connectivity index (χ4v) is 4.47. The van der Waals surface area contributed by atoms with E-state index in [1.165, 1.54) is 49.2 Å². The molecule has 1 saturated heterocycles. The summed E-state index contributed by atoms with van der Waals surface area (Å²) >= 11 is 6.35. The molecule has 0 bridgehead atoms. The summed E-state index contributed by atoms with van der Waals surface area (Å²) in [4.78, 5) is 6.93. The van der Waals surface area contributed by atoms with E-state index in [0.29, 0.717) is 12.1 Å². The van der Waals surface area contributed by atoms with E-state index < -0.39 is 0 Å². The number of hydrogen-bond acceptors (Lipinski definition) is 2. The van der Waals surface area contributed by atoms with E-state index in [1.807, 2.05) is 18.6 Å². The molecule has 1 aromatic heterocycles. The lowest BCUT2D eigenvalue weighted by Gasteiger charge is -2.37. The van der Waals surface area contributed by atoms with Gasteiger partial charge in [-0.3, -0.25) is 4.90 Å². The highest BCUT2D eigenvalue weighted by molar-refractivity contribution is 6.31.